The molecule has 0 heterocycles. The number of ketones is 1. The third-order valence-electron chi connectivity index (χ3n) is 6.04. The Morgan fingerprint density at radius 1 is 0.917 bits per heavy atom. The Labute approximate surface area is 155 Å². The third-order valence-corrected chi connectivity index (χ3v) is 23.5. The zero-order valence-electron chi connectivity index (χ0n) is 16.7. The van der Waals surface area contributed by atoms with Crippen molar-refractivity contribution in [2.45, 2.75) is 115 Å². The molecule has 0 saturated carbocycles. The minimum absolute atomic E-state index is 0.514. The van der Waals surface area contributed by atoms with Crippen LogP contribution in [0.4, 0.5) is 0 Å². The molecule has 0 bridgehead atoms. The molecule has 1 rings (SSSR count). The van der Waals surface area contributed by atoms with E-state index in [0.29, 0.717) is 5.78 Å². The third kappa shape index (κ3) is 8.06. The van der Waals surface area contributed by atoms with Gasteiger partial charge in [0.1, 0.15) is 0 Å². The molecule has 0 spiro atoms. The summed E-state index contributed by atoms with van der Waals surface area (Å²) in [5.41, 5.74) is 0. The maximum absolute atomic E-state index is 12.0. The van der Waals surface area contributed by atoms with E-state index in [2.05, 4.69) is 32.9 Å². The Bertz CT molecular complexity index is 339. The Morgan fingerprint density at radius 3 is 2.00 bits per heavy atom. The number of carbonyl (C=O) groups is 1. The molecule has 1 atom stereocenters. The predicted molar refractivity (Wildman–Crippen MR) is 110 cm³/mol. The van der Waals surface area contributed by atoms with E-state index in [1.807, 2.05) is 0 Å². The van der Waals surface area contributed by atoms with Gasteiger partial charge in [-0.3, -0.25) is 0 Å². The Balaban J connectivity index is 2.96. The van der Waals surface area contributed by atoms with Crippen LogP contribution < -0.4 is 0 Å². The second-order valence-corrected chi connectivity index (χ2v) is 22.2. The van der Waals surface area contributed by atoms with Gasteiger partial charge in [0, 0.05) is 0 Å². The number of allylic oxidation sites excluding steroid dienone is 2. The SMILES string of the molecule is CCC[CH2][Sn]([CH2]CCC)([CH2]CCC)[CH]1/C=C/CCCC(=O)CCC1. The van der Waals surface area contributed by atoms with Gasteiger partial charge < -0.3 is 0 Å². The molecule has 0 radical (unpaired) electrons. The topological polar surface area (TPSA) is 17.1 Å². The molecule has 0 N–H and O–H groups in total. The number of unbranched alkanes of at least 4 members (excludes halogenated alkanes) is 3. The molecule has 0 aromatic carbocycles. The van der Waals surface area contributed by atoms with Crippen molar-refractivity contribution in [2.24, 2.45) is 0 Å². The van der Waals surface area contributed by atoms with E-state index < -0.39 is 18.4 Å². The maximum atomic E-state index is 12.0. The summed E-state index contributed by atoms with van der Waals surface area (Å²) in [6.07, 6.45) is 19.9. The normalized spacial score (nSPS) is 21.6. The van der Waals surface area contributed by atoms with Gasteiger partial charge in [-0.25, -0.2) is 0 Å². The van der Waals surface area contributed by atoms with Crippen LogP contribution in [0.25, 0.3) is 0 Å². The first-order valence-corrected chi connectivity index (χ1v) is 18.6. The summed E-state index contributed by atoms with van der Waals surface area (Å²) in [5.74, 6) is 0.514. The zero-order chi connectivity index (χ0) is 17.7. The van der Waals surface area contributed by atoms with Crippen LogP contribution in [0.1, 0.15) is 97.8 Å². The zero-order valence-corrected chi connectivity index (χ0v) is 19.6. The van der Waals surface area contributed by atoms with Gasteiger partial charge in [0.05, 0.1) is 0 Å². The molecule has 24 heavy (non-hydrogen) atoms. The molecule has 1 unspecified atom stereocenters. The van der Waals surface area contributed by atoms with Crippen LogP contribution >= 0.6 is 0 Å². The molecule has 0 aromatic rings. The van der Waals surface area contributed by atoms with Crippen molar-refractivity contribution in [1.82, 2.24) is 0 Å². The van der Waals surface area contributed by atoms with Crippen LogP contribution in [-0.2, 0) is 4.79 Å². The van der Waals surface area contributed by atoms with Crippen LogP contribution in [0.3, 0.4) is 0 Å². The number of hydrogen-bond donors (Lipinski definition) is 0. The van der Waals surface area contributed by atoms with Crippen molar-refractivity contribution >= 4 is 24.2 Å². The van der Waals surface area contributed by atoms with E-state index in [4.69, 9.17) is 0 Å². The fourth-order valence-electron chi connectivity index (χ4n) is 4.45. The number of carbonyl (C=O) groups excluding carboxylic acids is 1. The summed E-state index contributed by atoms with van der Waals surface area (Å²) in [6.45, 7) is 7.08. The van der Waals surface area contributed by atoms with E-state index in [9.17, 15) is 4.79 Å². The first-order valence-electron chi connectivity index (χ1n) is 10.9. The summed E-state index contributed by atoms with van der Waals surface area (Å²) in [5, 5.41) is 0. The van der Waals surface area contributed by atoms with Crippen molar-refractivity contribution in [3.63, 3.8) is 0 Å². The quantitative estimate of drug-likeness (QED) is 0.251. The molecule has 140 valence electrons. The van der Waals surface area contributed by atoms with Crippen LogP contribution in [-0.4, -0.2) is 24.2 Å². The minimum atomic E-state index is -2.17. The Hall–Kier alpha value is 0.209. The molecular weight excluding hydrogens is 399 g/mol. The molecule has 0 fully saturated rings. The molecule has 0 aliphatic heterocycles. The Morgan fingerprint density at radius 2 is 1.46 bits per heavy atom. The summed E-state index contributed by atoms with van der Waals surface area (Å²) in [4.78, 5) is 12.0. The Kier molecular flexibility index (Phi) is 12.4. The van der Waals surface area contributed by atoms with Gasteiger partial charge in [-0.15, -0.1) is 0 Å². The van der Waals surface area contributed by atoms with Crippen molar-refractivity contribution in [2.75, 3.05) is 0 Å². The fourth-order valence-corrected chi connectivity index (χ4v) is 22.7. The molecule has 0 saturated heterocycles. The second kappa shape index (κ2) is 13.4. The van der Waals surface area contributed by atoms with Gasteiger partial charge in [-0.05, 0) is 0 Å². The van der Waals surface area contributed by atoms with Gasteiger partial charge in [-0.2, -0.15) is 0 Å². The molecule has 1 aliphatic rings. The van der Waals surface area contributed by atoms with Gasteiger partial charge in [0.2, 0.25) is 0 Å². The van der Waals surface area contributed by atoms with Gasteiger partial charge in [0.15, 0.2) is 0 Å². The van der Waals surface area contributed by atoms with Crippen LogP contribution in [0, 0.1) is 0 Å². The van der Waals surface area contributed by atoms with E-state index in [-0.39, 0.29) is 0 Å². The molecule has 0 aromatic heterocycles. The summed E-state index contributed by atoms with van der Waals surface area (Å²) >= 11 is -2.17. The monoisotopic (exact) mass is 442 g/mol. The predicted octanol–water partition coefficient (Wildman–Crippen LogP) is 7.69. The first kappa shape index (κ1) is 22.3. The van der Waals surface area contributed by atoms with Crippen molar-refractivity contribution in [3.8, 4) is 0 Å². The van der Waals surface area contributed by atoms with Crippen LogP contribution in [0.5, 0.6) is 0 Å². The average molecular weight is 441 g/mol. The van der Waals surface area contributed by atoms with E-state index in [0.717, 1.165) is 36.0 Å². The average Bonchev–Trinajstić information content (AvgIpc) is 2.60. The molecule has 0 amide bonds. The number of hydrogen-bond acceptors (Lipinski definition) is 1. The molecule has 1 aliphatic carbocycles. The standard InChI is InChI=1S/C10H15O.3C4H9.Sn/c11-10-8-6-4-2-1-3-5-7-9-10;3*1-3-4-2;/h1-3H,4-9H2;3*1,3-4H2,2H3;/b2-1+;;;;. The van der Waals surface area contributed by atoms with Crippen molar-refractivity contribution in [3.05, 3.63) is 12.2 Å². The molecule has 2 heteroatoms. The first-order chi connectivity index (χ1) is 11.7. The van der Waals surface area contributed by atoms with E-state index in [1.165, 1.54) is 44.9 Å². The summed E-state index contributed by atoms with van der Waals surface area (Å²) in [7, 11) is 0. The number of Topliss-reactive ketones (excluding diaryl/α,β-unsaturated/α-hetero) is 1. The van der Waals surface area contributed by atoms with Crippen LogP contribution in [0.15, 0.2) is 12.2 Å². The fraction of sp³-hybridized carbons (Fsp3) is 0.864. The summed E-state index contributed by atoms with van der Waals surface area (Å²) in [6, 6.07) is 0. The van der Waals surface area contributed by atoms with E-state index in [1.54, 1.807) is 13.3 Å². The van der Waals surface area contributed by atoms with Crippen molar-refractivity contribution in [1.29, 1.82) is 0 Å². The summed E-state index contributed by atoms with van der Waals surface area (Å²) < 4.78 is 5.67. The van der Waals surface area contributed by atoms with Gasteiger partial charge in [0.25, 0.3) is 0 Å². The van der Waals surface area contributed by atoms with E-state index >= 15 is 0 Å². The second-order valence-electron chi connectivity index (χ2n) is 8.03. The number of rotatable bonds is 10. The van der Waals surface area contributed by atoms with Gasteiger partial charge in [-0.1, -0.05) is 0 Å². The van der Waals surface area contributed by atoms with Crippen LogP contribution in [0.2, 0.25) is 17.2 Å². The van der Waals surface area contributed by atoms with Gasteiger partial charge >= 0.3 is 156 Å². The van der Waals surface area contributed by atoms with Crippen molar-refractivity contribution < 1.29 is 4.79 Å². The molecule has 1 nitrogen and oxygen atoms in total. The molecular formula is C22H42OSn.